The summed E-state index contributed by atoms with van der Waals surface area (Å²) in [5.41, 5.74) is 2.37. The summed E-state index contributed by atoms with van der Waals surface area (Å²) in [5.74, 6) is 0.409. The molecule has 0 N–H and O–H groups in total. The minimum absolute atomic E-state index is 0.221. The number of esters is 1. The second-order valence-electron chi connectivity index (χ2n) is 8.07. The van der Waals surface area contributed by atoms with E-state index in [0.717, 1.165) is 27.6 Å². The molecule has 6 nitrogen and oxygen atoms in total. The summed E-state index contributed by atoms with van der Waals surface area (Å²) < 4.78 is 11.4. The largest absolute Gasteiger partial charge is 0.478 e. The number of carbonyl (C=O) groups is 2. The number of nitrogens with zero attached hydrogens (tertiary/aromatic N) is 2. The third-order valence-corrected chi connectivity index (χ3v) is 6.10. The fraction of sp³-hybridized carbons (Fsp3) is 0.522. The Labute approximate surface area is 182 Å². The molecule has 0 saturated heterocycles. The van der Waals surface area contributed by atoms with Crippen LogP contribution in [0.1, 0.15) is 50.4 Å². The molecule has 2 heterocycles. The zero-order valence-corrected chi connectivity index (χ0v) is 19.3. The zero-order valence-electron chi connectivity index (χ0n) is 18.5. The van der Waals surface area contributed by atoms with Gasteiger partial charge >= 0.3 is 5.97 Å². The first-order valence-electron chi connectivity index (χ1n) is 10.5. The van der Waals surface area contributed by atoms with Gasteiger partial charge in [0.15, 0.2) is 6.10 Å². The maximum Gasteiger partial charge on any atom is 0.328 e. The number of carbonyl (C=O) groups excluding carboxylic acids is 2. The van der Waals surface area contributed by atoms with E-state index in [4.69, 9.17) is 9.47 Å². The minimum Gasteiger partial charge on any atom is -0.478 e. The summed E-state index contributed by atoms with van der Waals surface area (Å²) >= 11 is 1.63. The Bertz CT molecular complexity index is 937. The predicted octanol–water partition coefficient (Wildman–Crippen LogP) is 4.91. The van der Waals surface area contributed by atoms with Gasteiger partial charge in [-0.25, -0.2) is 9.78 Å². The molecule has 0 saturated carbocycles. The van der Waals surface area contributed by atoms with Gasteiger partial charge in [-0.05, 0) is 57.7 Å². The van der Waals surface area contributed by atoms with Gasteiger partial charge in [0.25, 0.3) is 5.91 Å². The molecule has 1 aliphatic rings. The van der Waals surface area contributed by atoms with Crippen molar-refractivity contribution in [2.45, 2.75) is 66.5 Å². The Hall–Kier alpha value is -2.41. The molecular formula is C23H30N2O4S. The van der Waals surface area contributed by atoms with Crippen molar-refractivity contribution in [1.82, 2.24) is 4.98 Å². The topological polar surface area (TPSA) is 68.7 Å². The normalized spacial score (nSPS) is 17.0. The van der Waals surface area contributed by atoms with Crippen molar-refractivity contribution >= 4 is 28.9 Å². The number of aromatic nitrogens is 1. The molecule has 1 aromatic carbocycles. The van der Waals surface area contributed by atoms with Crippen molar-refractivity contribution in [1.29, 1.82) is 0 Å². The maximum atomic E-state index is 13.1. The highest BCUT2D eigenvalue weighted by Crippen LogP contribution is 2.40. The molecule has 0 aliphatic carbocycles. The highest BCUT2D eigenvalue weighted by Gasteiger charge is 2.39. The van der Waals surface area contributed by atoms with Crippen LogP contribution >= 0.6 is 11.3 Å². The average Bonchev–Trinajstić information content (AvgIpc) is 3.04. The molecule has 162 valence electrons. The Morgan fingerprint density at radius 3 is 2.63 bits per heavy atom. The van der Waals surface area contributed by atoms with E-state index in [1.54, 1.807) is 18.3 Å². The lowest BCUT2D eigenvalue weighted by Gasteiger charge is -2.37. The second kappa shape index (κ2) is 9.16. The van der Waals surface area contributed by atoms with Gasteiger partial charge in [0, 0.05) is 10.4 Å². The van der Waals surface area contributed by atoms with Crippen LogP contribution in [-0.2, 0) is 14.3 Å². The summed E-state index contributed by atoms with van der Waals surface area (Å²) in [6.45, 7) is 12.1. The lowest BCUT2D eigenvalue weighted by molar-refractivity contribution is -0.147. The number of anilines is 1. The van der Waals surface area contributed by atoms with Crippen LogP contribution in [0.5, 0.6) is 5.75 Å². The maximum absolute atomic E-state index is 13.1. The van der Waals surface area contributed by atoms with E-state index in [1.807, 2.05) is 39.0 Å². The van der Waals surface area contributed by atoms with E-state index >= 15 is 0 Å². The zero-order chi connectivity index (χ0) is 22.0. The van der Waals surface area contributed by atoms with Gasteiger partial charge in [-0.3, -0.25) is 9.69 Å². The Morgan fingerprint density at radius 2 is 2.03 bits per heavy atom. The molecule has 0 spiro atoms. The number of fused-ring (bicyclic) bond motifs is 1. The van der Waals surface area contributed by atoms with Crippen molar-refractivity contribution in [2.75, 3.05) is 11.5 Å². The van der Waals surface area contributed by atoms with E-state index in [0.29, 0.717) is 30.4 Å². The van der Waals surface area contributed by atoms with Crippen LogP contribution in [0.25, 0.3) is 11.3 Å². The number of hydrogen-bond donors (Lipinski definition) is 0. The van der Waals surface area contributed by atoms with Gasteiger partial charge in [-0.2, -0.15) is 0 Å². The SMILES string of the molecule is CCC1Oc2ccc(-c3nc(C)sc3C)cc2N(C(C)C(=O)OCCC(C)C)C1=O. The monoisotopic (exact) mass is 430 g/mol. The quantitative estimate of drug-likeness (QED) is 0.584. The molecule has 30 heavy (non-hydrogen) atoms. The van der Waals surface area contributed by atoms with Crippen LogP contribution in [-0.4, -0.2) is 35.6 Å². The molecule has 0 radical (unpaired) electrons. The molecule has 1 aromatic heterocycles. The van der Waals surface area contributed by atoms with E-state index in [2.05, 4.69) is 18.8 Å². The third-order valence-electron chi connectivity index (χ3n) is 5.22. The number of ether oxygens (including phenoxy) is 2. The van der Waals surface area contributed by atoms with Gasteiger partial charge in [0.1, 0.15) is 11.8 Å². The Kier molecular flexibility index (Phi) is 6.81. The van der Waals surface area contributed by atoms with Crippen LogP contribution in [0, 0.1) is 19.8 Å². The Balaban J connectivity index is 1.96. The van der Waals surface area contributed by atoms with Crippen molar-refractivity contribution < 1.29 is 19.1 Å². The number of aryl methyl sites for hydroxylation is 2. The van der Waals surface area contributed by atoms with Gasteiger partial charge in [-0.1, -0.05) is 20.8 Å². The lowest BCUT2D eigenvalue weighted by Crippen LogP contribution is -2.52. The van der Waals surface area contributed by atoms with Gasteiger partial charge in [-0.15, -0.1) is 11.3 Å². The molecule has 2 unspecified atom stereocenters. The molecule has 2 aromatic rings. The highest BCUT2D eigenvalue weighted by molar-refractivity contribution is 7.11. The second-order valence-corrected chi connectivity index (χ2v) is 9.48. The predicted molar refractivity (Wildman–Crippen MR) is 119 cm³/mol. The molecule has 0 fully saturated rings. The van der Waals surface area contributed by atoms with Crippen molar-refractivity contribution in [3.8, 4) is 17.0 Å². The van der Waals surface area contributed by atoms with E-state index < -0.39 is 18.1 Å². The van der Waals surface area contributed by atoms with Crippen molar-refractivity contribution in [3.63, 3.8) is 0 Å². The fourth-order valence-electron chi connectivity index (χ4n) is 3.51. The summed E-state index contributed by atoms with van der Waals surface area (Å²) in [4.78, 5) is 33.1. The first kappa shape index (κ1) is 22.3. The van der Waals surface area contributed by atoms with Crippen molar-refractivity contribution in [2.24, 2.45) is 5.92 Å². The smallest absolute Gasteiger partial charge is 0.328 e. The van der Waals surface area contributed by atoms with Gasteiger partial charge in [0.2, 0.25) is 0 Å². The fourth-order valence-corrected chi connectivity index (χ4v) is 4.35. The van der Waals surface area contributed by atoms with Crippen molar-refractivity contribution in [3.05, 3.63) is 28.1 Å². The molecule has 0 bridgehead atoms. The average molecular weight is 431 g/mol. The summed E-state index contributed by atoms with van der Waals surface area (Å²) in [7, 11) is 0. The van der Waals surface area contributed by atoms with Crippen LogP contribution in [0.2, 0.25) is 0 Å². The van der Waals surface area contributed by atoms with Gasteiger partial charge < -0.3 is 9.47 Å². The first-order valence-corrected chi connectivity index (χ1v) is 11.3. The lowest BCUT2D eigenvalue weighted by atomic mass is 10.0. The minimum atomic E-state index is -0.741. The van der Waals surface area contributed by atoms with E-state index in [-0.39, 0.29) is 5.91 Å². The number of rotatable bonds is 7. The number of thiazole rings is 1. The summed E-state index contributed by atoms with van der Waals surface area (Å²) in [6.07, 6.45) is 0.698. The first-order chi connectivity index (χ1) is 14.2. The highest BCUT2D eigenvalue weighted by atomic mass is 32.1. The van der Waals surface area contributed by atoms with Crippen LogP contribution < -0.4 is 9.64 Å². The molecule has 3 rings (SSSR count). The van der Waals surface area contributed by atoms with Crippen LogP contribution in [0.3, 0.4) is 0 Å². The number of hydrogen-bond acceptors (Lipinski definition) is 6. The molecule has 2 atom stereocenters. The molecule has 1 amide bonds. The third kappa shape index (κ3) is 4.51. The molecule has 7 heteroatoms. The standard InChI is InChI=1S/C23H30N2O4S/c1-7-19-22(26)25(14(4)23(27)28-11-10-13(2)3)18-12-17(8-9-20(18)29-19)21-15(5)30-16(6)24-21/h8-9,12-14,19H,7,10-11H2,1-6H3. The van der Waals surface area contributed by atoms with E-state index in [9.17, 15) is 9.59 Å². The summed E-state index contributed by atoms with van der Waals surface area (Å²) in [5, 5.41) is 0.984. The number of benzene rings is 1. The van der Waals surface area contributed by atoms with Crippen LogP contribution in [0.15, 0.2) is 18.2 Å². The van der Waals surface area contributed by atoms with Crippen LogP contribution in [0.4, 0.5) is 5.69 Å². The Morgan fingerprint density at radius 1 is 1.30 bits per heavy atom. The molecule has 1 aliphatic heterocycles. The molecular weight excluding hydrogens is 400 g/mol. The van der Waals surface area contributed by atoms with E-state index in [1.165, 1.54) is 4.90 Å². The number of amides is 1. The summed E-state index contributed by atoms with van der Waals surface area (Å²) in [6, 6.07) is 4.96. The van der Waals surface area contributed by atoms with Gasteiger partial charge in [0.05, 0.1) is 23.0 Å².